The number of ether oxygens (including phenoxy) is 2. The third-order valence-electron chi connectivity index (χ3n) is 5.78. The molecular formula is C28H40O4. The Morgan fingerprint density at radius 2 is 1.53 bits per heavy atom. The van der Waals surface area contributed by atoms with Gasteiger partial charge in [0.15, 0.2) is 0 Å². The van der Waals surface area contributed by atoms with Gasteiger partial charge in [-0.1, -0.05) is 89.6 Å². The van der Waals surface area contributed by atoms with Crippen molar-refractivity contribution in [2.75, 3.05) is 13.2 Å². The molecule has 0 bridgehead atoms. The minimum Gasteiger partial charge on any atom is -0.494 e. The molecular weight excluding hydrogens is 400 g/mol. The van der Waals surface area contributed by atoms with Gasteiger partial charge in [-0.3, -0.25) is 0 Å². The highest BCUT2D eigenvalue weighted by Gasteiger charge is 2.22. The molecule has 2 aromatic rings. The van der Waals surface area contributed by atoms with Crippen LogP contribution < -0.4 is 4.74 Å². The number of carbonyl (C=O) groups is 1. The largest absolute Gasteiger partial charge is 0.494 e. The third-order valence-corrected chi connectivity index (χ3v) is 5.78. The summed E-state index contributed by atoms with van der Waals surface area (Å²) in [5.74, 6) is -0.0961. The van der Waals surface area contributed by atoms with E-state index in [0.29, 0.717) is 18.8 Å². The highest BCUT2D eigenvalue weighted by molar-refractivity contribution is 5.97. The van der Waals surface area contributed by atoms with Crippen LogP contribution in [-0.2, 0) is 4.74 Å². The number of benzene rings is 2. The summed E-state index contributed by atoms with van der Waals surface area (Å²) >= 11 is 0. The van der Waals surface area contributed by atoms with Gasteiger partial charge in [-0.2, -0.15) is 0 Å². The molecule has 4 nitrogen and oxygen atoms in total. The summed E-state index contributed by atoms with van der Waals surface area (Å²) in [6, 6.07) is 13.4. The zero-order valence-electron chi connectivity index (χ0n) is 20.1. The van der Waals surface area contributed by atoms with Crippen molar-refractivity contribution >= 4 is 5.97 Å². The standard InChI is InChI=1S/C28H40O4/c1-4-7-9-10-11-12-21-31-23-18-16-22(17-19-23)24-14-13-15-25(27(24)28(29)30)26(6-3)32-20-8-5-2/h13-19,26H,4-12,20-21H2,1-3H3,(H,29,30). The van der Waals surface area contributed by atoms with Crippen molar-refractivity contribution in [1.29, 1.82) is 0 Å². The quantitative estimate of drug-likeness (QED) is 0.268. The fraction of sp³-hybridized carbons (Fsp3) is 0.536. The lowest BCUT2D eigenvalue weighted by atomic mass is 9.92. The number of hydrogen-bond acceptors (Lipinski definition) is 3. The lowest BCUT2D eigenvalue weighted by Crippen LogP contribution is -2.12. The maximum Gasteiger partial charge on any atom is 0.336 e. The van der Waals surface area contributed by atoms with Gasteiger partial charge in [-0.15, -0.1) is 0 Å². The highest BCUT2D eigenvalue weighted by atomic mass is 16.5. The van der Waals surface area contributed by atoms with Crippen molar-refractivity contribution in [3.8, 4) is 16.9 Å². The topological polar surface area (TPSA) is 55.8 Å². The molecule has 0 aliphatic heterocycles. The zero-order valence-corrected chi connectivity index (χ0v) is 20.1. The lowest BCUT2D eigenvalue weighted by molar-refractivity contribution is 0.0456. The first-order valence-electron chi connectivity index (χ1n) is 12.3. The molecule has 0 heterocycles. The first-order valence-corrected chi connectivity index (χ1v) is 12.3. The second-order valence-electron chi connectivity index (χ2n) is 8.34. The van der Waals surface area contributed by atoms with Gasteiger partial charge in [0, 0.05) is 6.61 Å². The molecule has 1 atom stereocenters. The summed E-state index contributed by atoms with van der Waals surface area (Å²) in [5.41, 5.74) is 2.67. The molecule has 0 aliphatic carbocycles. The van der Waals surface area contributed by atoms with E-state index in [-0.39, 0.29) is 6.10 Å². The summed E-state index contributed by atoms with van der Waals surface area (Å²) < 4.78 is 11.9. The summed E-state index contributed by atoms with van der Waals surface area (Å²) in [5, 5.41) is 10.0. The smallest absolute Gasteiger partial charge is 0.336 e. The van der Waals surface area contributed by atoms with Crippen LogP contribution in [0.1, 0.15) is 101 Å². The van der Waals surface area contributed by atoms with Crippen LogP contribution in [0.3, 0.4) is 0 Å². The van der Waals surface area contributed by atoms with Crippen LogP contribution in [0.25, 0.3) is 11.1 Å². The van der Waals surface area contributed by atoms with E-state index in [4.69, 9.17) is 9.47 Å². The summed E-state index contributed by atoms with van der Waals surface area (Å²) in [6.07, 6.45) is 9.95. The van der Waals surface area contributed by atoms with Crippen molar-refractivity contribution in [3.05, 3.63) is 53.6 Å². The van der Waals surface area contributed by atoms with Crippen LogP contribution in [0.2, 0.25) is 0 Å². The molecule has 0 spiro atoms. The average Bonchev–Trinajstić information content (AvgIpc) is 2.81. The van der Waals surface area contributed by atoms with Gasteiger partial charge in [-0.25, -0.2) is 4.79 Å². The molecule has 32 heavy (non-hydrogen) atoms. The molecule has 176 valence electrons. The molecule has 0 aliphatic rings. The minimum atomic E-state index is -0.920. The van der Waals surface area contributed by atoms with Gasteiger partial charge in [0.05, 0.1) is 18.3 Å². The molecule has 2 rings (SSSR count). The fourth-order valence-electron chi connectivity index (χ4n) is 3.92. The number of carboxylic acids is 1. The van der Waals surface area contributed by atoms with E-state index in [2.05, 4.69) is 13.8 Å². The molecule has 0 fully saturated rings. The zero-order chi connectivity index (χ0) is 23.2. The first kappa shape index (κ1) is 25.9. The Hall–Kier alpha value is -2.33. The Morgan fingerprint density at radius 3 is 2.19 bits per heavy atom. The maximum atomic E-state index is 12.2. The molecule has 4 heteroatoms. The molecule has 0 saturated heterocycles. The Balaban J connectivity index is 2.09. The average molecular weight is 441 g/mol. The Bertz CT molecular complexity index is 798. The number of aromatic carboxylic acids is 1. The van der Waals surface area contributed by atoms with Crippen molar-refractivity contribution < 1.29 is 19.4 Å². The molecule has 2 aromatic carbocycles. The van der Waals surface area contributed by atoms with E-state index in [1.807, 2.05) is 49.4 Å². The summed E-state index contributed by atoms with van der Waals surface area (Å²) in [6.45, 7) is 7.74. The van der Waals surface area contributed by atoms with Gasteiger partial charge >= 0.3 is 5.97 Å². The van der Waals surface area contributed by atoms with Gasteiger partial charge < -0.3 is 14.6 Å². The number of carboxylic acid groups (broad SMARTS) is 1. The minimum absolute atomic E-state index is 0.215. The van der Waals surface area contributed by atoms with Crippen LogP contribution in [-0.4, -0.2) is 24.3 Å². The first-order chi connectivity index (χ1) is 15.6. The Kier molecular flexibility index (Phi) is 11.9. The van der Waals surface area contributed by atoms with Gasteiger partial charge in [0.1, 0.15) is 5.75 Å². The van der Waals surface area contributed by atoms with E-state index >= 15 is 0 Å². The second kappa shape index (κ2) is 14.7. The predicted octanol–water partition coefficient (Wildman–Crippen LogP) is 8.06. The third kappa shape index (κ3) is 7.98. The number of hydrogen-bond donors (Lipinski definition) is 1. The predicted molar refractivity (Wildman–Crippen MR) is 132 cm³/mol. The molecule has 1 N–H and O–H groups in total. The molecule has 0 amide bonds. The second-order valence-corrected chi connectivity index (χ2v) is 8.34. The lowest BCUT2D eigenvalue weighted by Gasteiger charge is -2.20. The van der Waals surface area contributed by atoms with Crippen molar-refractivity contribution in [3.63, 3.8) is 0 Å². The van der Waals surface area contributed by atoms with E-state index in [1.54, 1.807) is 0 Å². The van der Waals surface area contributed by atoms with E-state index in [0.717, 1.165) is 48.1 Å². The fourth-order valence-corrected chi connectivity index (χ4v) is 3.92. The van der Waals surface area contributed by atoms with Crippen LogP contribution in [0.5, 0.6) is 5.75 Å². The SMILES string of the molecule is CCCCCCCCOc1ccc(-c2cccc(C(CC)OCCCC)c2C(=O)O)cc1. The van der Waals surface area contributed by atoms with Crippen molar-refractivity contribution in [2.45, 2.75) is 84.7 Å². The Labute approximate surface area is 194 Å². The molecule has 0 radical (unpaired) electrons. The highest BCUT2D eigenvalue weighted by Crippen LogP contribution is 2.33. The summed E-state index contributed by atoms with van der Waals surface area (Å²) in [4.78, 5) is 12.2. The van der Waals surface area contributed by atoms with Crippen LogP contribution in [0.4, 0.5) is 0 Å². The van der Waals surface area contributed by atoms with Gasteiger partial charge in [-0.05, 0) is 48.1 Å². The maximum absolute atomic E-state index is 12.2. The number of unbranched alkanes of at least 4 members (excludes halogenated alkanes) is 6. The number of rotatable bonds is 16. The van der Waals surface area contributed by atoms with Crippen LogP contribution in [0, 0.1) is 0 Å². The monoisotopic (exact) mass is 440 g/mol. The molecule has 1 unspecified atom stereocenters. The molecule has 0 saturated carbocycles. The summed E-state index contributed by atoms with van der Waals surface area (Å²) in [7, 11) is 0. The van der Waals surface area contributed by atoms with Crippen molar-refractivity contribution in [1.82, 2.24) is 0 Å². The van der Waals surface area contributed by atoms with Gasteiger partial charge in [0.25, 0.3) is 0 Å². The van der Waals surface area contributed by atoms with E-state index in [9.17, 15) is 9.90 Å². The Morgan fingerprint density at radius 1 is 0.844 bits per heavy atom. The van der Waals surface area contributed by atoms with Crippen LogP contribution in [0.15, 0.2) is 42.5 Å². The van der Waals surface area contributed by atoms with Crippen LogP contribution >= 0.6 is 0 Å². The van der Waals surface area contributed by atoms with Crippen molar-refractivity contribution in [2.24, 2.45) is 0 Å². The molecule has 0 aromatic heterocycles. The van der Waals surface area contributed by atoms with E-state index in [1.165, 1.54) is 32.1 Å². The van der Waals surface area contributed by atoms with E-state index < -0.39 is 5.97 Å². The van der Waals surface area contributed by atoms with Gasteiger partial charge in [0.2, 0.25) is 0 Å². The normalized spacial score (nSPS) is 12.0.